The van der Waals surface area contributed by atoms with E-state index in [1.165, 1.54) is 6.08 Å². The predicted molar refractivity (Wildman–Crippen MR) is 139 cm³/mol. The monoisotopic (exact) mass is 494 g/mol. The fraction of sp³-hybridized carbons (Fsp3) is 0.125. The molecule has 0 bridgehead atoms. The molecule has 0 radical (unpaired) electrons. The second kappa shape index (κ2) is 9.28. The van der Waals surface area contributed by atoms with Crippen molar-refractivity contribution in [1.82, 2.24) is 14.5 Å². The molecule has 2 aromatic heterocycles. The molecular formula is C24H23ClN6O2S. The van der Waals surface area contributed by atoms with Crippen LogP contribution in [0.4, 0.5) is 23.0 Å². The molecule has 2 heterocycles. The molecule has 0 aliphatic rings. The zero-order chi connectivity index (χ0) is 24.5. The number of nitrogens with zero attached hydrogens (tertiary/aromatic N) is 4. The summed E-state index contributed by atoms with van der Waals surface area (Å²) in [5.74, 6) is 0.613. The number of aryl methyl sites for hydroxylation is 1. The van der Waals surface area contributed by atoms with Gasteiger partial charge in [0.1, 0.15) is 5.02 Å². The fourth-order valence-corrected chi connectivity index (χ4v) is 4.23. The molecule has 0 unspecified atom stereocenters. The average molecular weight is 495 g/mol. The van der Waals surface area contributed by atoms with Crippen molar-refractivity contribution in [2.24, 2.45) is 4.36 Å². The molecule has 0 aliphatic carbocycles. The van der Waals surface area contributed by atoms with Crippen LogP contribution in [0.25, 0.3) is 16.7 Å². The van der Waals surface area contributed by atoms with Crippen LogP contribution < -0.4 is 10.6 Å². The number of nitrogens with one attached hydrogen (secondary N) is 2. The van der Waals surface area contributed by atoms with Crippen molar-refractivity contribution in [3.8, 4) is 5.82 Å². The molecule has 0 saturated carbocycles. The lowest BCUT2D eigenvalue weighted by atomic mass is 10.2. The molecule has 0 saturated heterocycles. The van der Waals surface area contributed by atoms with Gasteiger partial charge in [0, 0.05) is 45.2 Å². The lowest BCUT2D eigenvalue weighted by Gasteiger charge is -2.11. The van der Waals surface area contributed by atoms with Crippen molar-refractivity contribution < 1.29 is 9.00 Å². The molecule has 0 fully saturated rings. The Morgan fingerprint density at radius 3 is 2.56 bits per heavy atom. The average Bonchev–Trinajstić information content (AvgIpc) is 3.11. The Morgan fingerprint density at radius 1 is 1.18 bits per heavy atom. The number of fused-ring (bicyclic) bond motifs is 1. The molecule has 4 aromatic rings. The fourth-order valence-electron chi connectivity index (χ4n) is 3.42. The summed E-state index contributed by atoms with van der Waals surface area (Å²) in [5.41, 5.74) is 3.94. The molecule has 0 aliphatic heterocycles. The van der Waals surface area contributed by atoms with Gasteiger partial charge in [-0.05, 0) is 61.0 Å². The predicted octanol–water partition coefficient (Wildman–Crippen LogP) is 5.61. The Kier molecular flexibility index (Phi) is 6.41. The molecule has 10 heteroatoms. The highest BCUT2D eigenvalue weighted by atomic mass is 35.5. The maximum absolute atomic E-state index is 11.9. The van der Waals surface area contributed by atoms with Gasteiger partial charge in [0.25, 0.3) is 0 Å². The second-order valence-electron chi connectivity index (χ2n) is 7.92. The molecule has 4 rings (SSSR count). The highest BCUT2D eigenvalue weighted by Crippen LogP contribution is 2.30. The largest absolute Gasteiger partial charge is 0.324 e. The minimum Gasteiger partial charge on any atom is -0.324 e. The number of anilines is 3. The molecule has 2 aromatic carbocycles. The smallest absolute Gasteiger partial charge is 0.247 e. The van der Waals surface area contributed by atoms with E-state index in [4.69, 9.17) is 11.6 Å². The number of carbonyl (C=O) groups excluding carboxylic acids is 1. The Bertz CT molecular complexity index is 1530. The maximum Gasteiger partial charge on any atom is 0.247 e. The summed E-state index contributed by atoms with van der Waals surface area (Å²) in [6, 6.07) is 12.8. The van der Waals surface area contributed by atoms with Crippen molar-refractivity contribution in [3.63, 3.8) is 0 Å². The van der Waals surface area contributed by atoms with Crippen LogP contribution in [-0.2, 0) is 14.5 Å². The summed E-state index contributed by atoms with van der Waals surface area (Å²) in [7, 11) is -2.23. The summed E-state index contributed by atoms with van der Waals surface area (Å²) in [5, 5.41) is 7.28. The summed E-state index contributed by atoms with van der Waals surface area (Å²) in [6.45, 7) is 5.46. The SMILES string of the molecule is C=CC(=O)Nc1ccc2c(c1)c(C)cn2-c1nc(Nc2ccc(N=S(C)(C)=O)cc2)ncc1Cl. The summed E-state index contributed by atoms with van der Waals surface area (Å²) >= 11 is 6.46. The van der Waals surface area contributed by atoms with Gasteiger partial charge < -0.3 is 10.6 Å². The minimum absolute atomic E-state index is 0.273. The van der Waals surface area contributed by atoms with Gasteiger partial charge in [-0.2, -0.15) is 9.35 Å². The van der Waals surface area contributed by atoms with Crippen LogP contribution >= 0.6 is 11.6 Å². The number of hydrogen-bond acceptors (Lipinski definition) is 6. The van der Waals surface area contributed by atoms with E-state index in [1.54, 1.807) is 30.8 Å². The Balaban J connectivity index is 1.66. The van der Waals surface area contributed by atoms with Gasteiger partial charge in [0.05, 0.1) is 17.4 Å². The second-order valence-corrected chi connectivity index (χ2v) is 10.9. The Hall–Kier alpha value is -3.69. The Labute approximate surface area is 202 Å². The van der Waals surface area contributed by atoms with Crippen LogP contribution in [0.5, 0.6) is 0 Å². The van der Waals surface area contributed by atoms with Crippen molar-refractivity contribution >= 4 is 61.2 Å². The van der Waals surface area contributed by atoms with Gasteiger partial charge in [0.2, 0.25) is 11.9 Å². The van der Waals surface area contributed by atoms with Crippen LogP contribution in [0.3, 0.4) is 0 Å². The van der Waals surface area contributed by atoms with E-state index < -0.39 is 9.73 Å². The number of hydrogen-bond donors (Lipinski definition) is 2. The van der Waals surface area contributed by atoms with Crippen molar-refractivity contribution in [2.75, 3.05) is 23.1 Å². The van der Waals surface area contributed by atoms with E-state index in [0.29, 0.717) is 28.2 Å². The van der Waals surface area contributed by atoms with Crippen LogP contribution in [0.1, 0.15) is 5.56 Å². The van der Waals surface area contributed by atoms with Crippen LogP contribution in [0.15, 0.2) is 71.9 Å². The number of amides is 1. The van der Waals surface area contributed by atoms with Crippen LogP contribution in [0.2, 0.25) is 5.02 Å². The van der Waals surface area contributed by atoms with Crippen molar-refractivity contribution in [1.29, 1.82) is 0 Å². The summed E-state index contributed by atoms with van der Waals surface area (Å²) in [4.78, 5) is 20.6. The molecule has 34 heavy (non-hydrogen) atoms. The van der Waals surface area contributed by atoms with Gasteiger partial charge in [-0.25, -0.2) is 9.19 Å². The molecule has 2 N–H and O–H groups in total. The maximum atomic E-state index is 11.9. The summed E-state index contributed by atoms with van der Waals surface area (Å²) < 4.78 is 17.9. The van der Waals surface area contributed by atoms with Crippen molar-refractivity contribution in [3.05, 3.63) is 78.1 Å². The van der Waals surface area contributed by atoms with Gasteiger partial charge in [-0.15, -0.1) is 0 Å². The van der Waals surface area contributed by atoms with Gasteiger partial charge in [0.15, 0.2) is 5.82 Å². The first-order valence-corrected chi connectivity index (χ1v) is 13.0. The minimum atomic E-state index is -2.23. The lowest BCUT2D eigenvalue weighted by molar-refractivity contribution is -0.111. The number of benzene rings is 2. The van der Waals surface area contributed by atoms with E-state index in [2.05, 4.69) is 31.5 Å². The number of carbonyl (C=O) groups is 1. The van der Waals surface area contributed by atoms with E-state index in [1.807, 2.05) is 48.0 Å². The normalized spacial score (nSPS) is 11.3. The lowest BCUT2D eigenvalue weighted by Crippen LogP contribution is -2.07. The third-order valence-corrected chi connectivity index (χ3v) is 5.78. The highest BCUT2D eigenvalue weighted by Gasteiger charge is 2.14. The van der Waals surface area contributed by atoms with Gasteiger partial charge >= 0.3 is 0 Å². The third-order valence-electron chi connectivity index (χ3n) is 4.86. The van der Waals surface area contributed by atoms with Crippen LogP contribution in [-0.4, -0.2) is 37.2 Å². The molecule has 1 amide bonds. The zero-order valence-corrected chi connectivity index (χ0v) is 20.4. The quantitative estimate of drug-likeness (QED) is 0.339. The van der Waals surface area contributed by atoms with E-state index in [-0.39, 0.29) is 5.91 Å². The highest BCUT2D eigenvalue weighted by molar-refractivity contribution is 7.92. The van der Waals surface area contributed by atoms with E-state index in [9.17, 15) is 9.00 Å². The molecular weight excluding hydrogens is 472 g/mol. The molecule has 174 valence electrons. The first-order valence-electron chi connectivity index (χ1n) is 10.3. The summed E-state index contributed by atoms with van der Waals surface area (Å²) in [6.07, 6.45) is 7.88. The number of halogens is 1. The standard InChI is InChI=1S/C24H23ClN6O2S/c1-5-22(32)27-18-10-11-21-19(12-18)15(2)14-31(21)23-20(25)13-26-24(29-23)28-16-6-8-17(9-7-16)30-34(3,4)33/h5-14H,1H2,2-4H3,(H,27,32)(H,26,28,29). The van der Waals surface area contributed by atoms with E-state index in [0.717, 1.165) is 22.2 Å². The van der Waals surface area contributed by atoms with Gasteiger partial charge in [-0.1, -0.05) is 18.2 Å². The Morgan fingerprint density at radius 2 is 1.88 bits per heavy atom. The first kappa shape index (κ1) is 23.5. The molecule has 8 nitrogen and oxygen atoms in total. The van der Waals surface area contributed by atoms with Crippen molar-refractivity contribution in [2.45, 2.75) is 6.92 Å². The molecule has 0 atom stereocenters. The zero-order valence-electron chi connectivity index (χ0n) is 18.9. The first-order chi connectivity index (χ1) is 16.1. The number of rotatable bonds is 6. The third kappa shape index (κ3) is 5.27. The number of aromatic nitrogens is 3. The van der Waals surface area contributed by atoms with Gasteiger partial charge in [-0.3, -0.25) is 9.36 Å². The molecule has 0 spiro atoms. The van der Waals surface area contributed by atoms with E-state index >= 15 is 0 Å². The van der Waals surface area contributed by atoms with Crippen LogP contribution in [0, 0.1) is 6.92 Å². The topological polar surface area (TPSA) is 101 Å².